The van der Waals surface area contributed by atoms with Gasteiger partial charge in [0.2, 0.25) is 5.95 Å². The molecule has 2 aromatic carbocycles. The molecule has 2 aromatic heterocycles. The second-order valence-electron chi connectivity index (χ2n) is 7.03. The molecule has 0 spiro atoms. The van der Waals surface area contributed by atoms with E-state index >= 15 is 0 Å². The lowest BCUT2D eigenvalue weighted by molar-refractivity contribution is 0.883. The van der Waals surface area contributed by atoms with Crippen molar-refractivity contribution >= 4 is 46.0 Å². The van der Waals surface area contributed by atoms with E-state index in [1.165, 1.54) is 0 Å². The second-order valence-corrected chi connectivity index (χ2v) is 7.84. The Bertz CT molecular complexity index is 1200. The van der Waals surface area contributed by atoms with Crippen molar-refractivity contribution in [3.05, 3.63) is 58.6 Å². The third-order valence-electron chi connectivity index (χ3n) is 5.14. The molecular formula is C21H18Cl2N6. The van der Waals surface area contributed by atoms with Gasteiger partial charge in [-0.15, -0.1) is 5.10 Å². The van der Waals surface area contributed by atoms with E-state index in [0.717, 1.165) is 48.3 Å². The molecule has 0 bridgehead atoms. The van der Waals surface area contributed by atoms with Crippen molar-refractivity contribution < 1.29 is 0 Å². The van der Waals surface area contributed by atoms with Crippen molar-refractivity contribution in [3.63, 3.8) is 0 Å². The van der Waals surface area contributed by atoms with Crippen LogP contribution in [0.3, 0.4) is 0 Å². The predicted octanol–water partition coefficient (Wildman–Crippen LogP) is 4.97. The quantitative estimate of drug-likeness (QED) is 0.502. The lowest BCUT2D eigenvalue weighted by atomic mass is 10.1. The van der Waals surface area contributed by atoms with E-state index in [4.69, 9.17) is 38.9 Å². The normalized spacial score (nSPS) is 14.1. The molecule has 0 saturated carbocycles. The average Bonchev–Trinajstić information content (AvgIpc) is 3.39. The molecule has 146 valence electrons. The van der Waals surface area contributed by atoms with Gasteiger partial charge >= 0.3 is 0 Å². The molecule has 2 N–H and O–H groups in total. The minimum atomic E-state index is 0.440. The second kappa shape index (κ2) is 7.21. The van der Waals surface area contributed by atoms with E-state index in [2.05, 4.69) is 10.00 Å². The van der Waals surface area contributed by atoms with Crippen LogP contribution < -0.4 is 10.6 Å². The first-order valence-electron chi connectivity index (χ1n) is 9.44. The first-order valence-corrected chi connectivity index (χ1v) is 10.2. The maximum absolute atomic E-state index is 6.53. The zero-order chi connectivity index (χ0) is 20.0. The van der Waals surface area contributed by atoms with E-state index < -0.39 is 0 Å². The van der Waals surface area contributed by atoms with Crippen LogP contribution in [0, 0.1) is 0 Å². The number of rotatable bonds is 3. The Kier molecular flexibility index (Phi) is 4.53. The molecule has 3 heterocycles. The number of aromatic nitrogens is 4. The van der Waals surface area contributed by atoms with E-state index in [-0.39, 0.29) is 0 Å². The van der Waals surface area contributed by atoms with Crippen molar-refractivity contribution in [1.82, 2.24) is 19.7 Å². The Morgan fingerprint density at radius 3 is 2.38 bits per heavy atom. The lowest BCUT2D eigenvalue weighted by Crippen LogP contribution is -2.20. The number of nitrogens with two attached hydrogens (primary N) is 1. The topological polar surface area (TPSA) is 72.9 Å². The molecule has 0 atom stereocenters. The highest BCUT2D eigenvalue weighted by molar-refractivity contribution is 6.42. The zero-order valence-corrected chi connectivity index (χ0v) is 17.0. The highest BCUT2D eigenvalue weighted by atomic mass is 35.5. The minimum absolute atomic E-state index is 0.440. The number of hydrogen-bond donors (Lipinski definition) is 1. The summed E-state index contributed by atoms with van der Waals surface area (Å²) < 4.78 is 1.64. The van der Waals surface area contributed by atoms with Crippen molar-refractivity contribution in [2.45, 2.75) is 12.8 Å². The fourth-order valence-electron chi connectivity index (χ4n) is 3.68. The van der Waals surface area contributed by atoms with Gasteiger partial charge in [0.1, 0.15) is 5.82 Å². The number of anilines is 2. The van der Waals surface area contributed by atoms with Gasteiger partial charge in [0, 0.05) is 18.7 Å². The van der Waals surface area contributed by atoms with Gasteiger partial charge in [0.25, 0.3) is 0 Å². The summed E-state index contributed by atoms with van der Waals surface area (Å²) in [4.78, 5) is 11.8. The minimum Gasteiger partial charge on any atom is -0.383 e. The molecule has 0 radical (unpaired) electrons. The van der Waals surface area contributed by atoms with Crippen LogP contribution in [0.25, 0.3) is 28.0 Å². The van der Waals surface area contributed by atoms with Gasteiger partial charge in [-0.3, -0.25) is 0 Å². The van der Waals surface area contributed by atoms with Crippen LogP contribution in [0.1, 0.15) is 12.8 Å². The first kappa shape index (κ1) is 18.2. The van der Waals surface area contributed by atoms with Crippen molar-refractivity contribution in [2.24, 2.45) is 0 Å². The monoisotopic (exact) mass is 424 g/mol. The van der Waals surface area contributed by atoms with Crippen LogP contribution in [0.2, 0.25) is 10.0 Å². The van der Waals surface area contributed by atoms with Crippen LogP contribution in [0.5, 0.6) is 0 Å². The molecule has 4 aromatic rings. The summed E-state index contributed by atoms with van der Waals surface area (Å²) in [6.07, 6.45) is 2.28. The fraction of sp³-hybridized carbons (Fsp3) is 0.190. The molecule has 0 amide bonds. The van der Waals surface area contributed by atoms with E-state index in [1.54, 1.807) is 16.8 Å². The third kappa shape index (κ3) is 3.18. The SMILES string of the molecule is Nc1c2c(-c3ccccc3)nc(N3CCCC3)nc2nn1-c1ccc(Cl)c(Cl)c1. The van der Waals surface area contributed by atoms with E-state index in [0.29, 0.717) is 27.5 Å². The lowest BCUT2D eigenvalue weighted by Gasteiger charge is -2.16. The zero-order valence-electron chi connectivity index (χ0n) is 15.5. The molecule has 0 aliphatic carbocycles. The van der Waals surface area contributed by atoms with Crippen molar-refractivity contribution in [1.29, 1.82) is 0 Å². The largest absolute Gasteiger partial charge is 0.383 e. The van der Waals surface area contributed by atoms with E-state index in [1.807, 2.05) is 36.4 Å². The number of hydrogen-bond acceptors (Lipinski definition) is 5. The van der Waals surface area contributed by atoms with Gasteiger partial charge in [-0.25, -0.2) is 9.67 Å². The Hall–Kier alpha value is -2.83. The summed E-state index contributed by atoms with van der Waals surface area (Å²) in [5.74, 6) is 1.15. The molecule has 1 saturated heterocycles. The smallest absolute Gasteiger partial charge is 0.228 e. The number of nitrogen functional groups attached to an aromatic ring is 1. The molecule has 5 rings (SSSR count). The van der Waals surface area contributed by atoms with Gasteiger partial charge in [-0.1, -0.05) is 53.5 Å². The number of benzene rings is 2. The number of halogens is 2. The molecule has 6 nitrogen and oxygen atoms in total. The van der Waals surface area contributed by atoms with Crippen LogP contribution in [-0.4, -0.2) is 32.8 Å². The van der Waals surface area contributed by atoms with Crippen LogP contribution in [-0.2, 0) is 0 Å². The maximum atomic E-state index is 6.53. The summed E-state index contributed by atoms with van der Waals surface area (Å²) in [6.45, 7) is 1.89. The molecule has 0 unspecified atom stereocenters. The molecule has 1 fully saturated rings. The third-order valence-corrected chi connectivity index (χ3v) is 5.88. The van der Waals surface area contributed by atoms with E-state index in [9.17, 15) is 0 Å². The number of nitrogens with zero attached hydrogens (tertiary/aromatic N) is 5. The van der Waals surface area contributed by atoms with Gasteiger partial charge in [0.15, 0.2) is 5.65 Å². The fourth-order valence-corrected chi connectivity index (χ4v) is 3.97. The van der Waals surface area contributed by atoms with Crippen LogP contribution in [0.4, 0.5) is 11.8 Å². The first-order chi connectivity index (χ1) is 14.1. The maximum Gasteiger partial charge on any atom is 0.228 e. The molecule has 1 aliphatic rings. The van der Waals surface area contributed by atoms with Crippen molar-refractivity contribution in [2.75, 3.05) is 23.7 Å². The predicted molar refractivity (Wildman–Crippen MR) is 118 cm³/mol. The van der Waals surface area contributed by atoms with Gasteiger partial charge in [0.05, 0.1) is 26.8 Å². The summed E-state index contributed by atoms with van der Waals surface area (Å²) in [5.41, 5.74) is 9.56. The average molecular weight is 425 g/mol. The Morgan fingerprint density at radius 1 is 0.897 bits per heavy atom. The Balaban J connectivity index is 1.76. The van der Waals surface area contributed by atoms with Gasteiger partial charge < -0.3 is 10.6 Å². The Morgan fingerprint density at radius 2 is 1.66 bits per heavy atom. The molecule has 29 heavy (non-hydrogen) atoms. The van der Waals surface area contributed by atoms with Crippen molar-refractivity contribution in [3.8, 4) is 16.9 Å². The highest BCUT2D eigenvalue weighted by Gasteiger charge is 2.22. The number of fused-ring (bicyclic) bond motifs is 1. The highest BCUT2D eigenvalue weighted by Crippen LogP contribution is 2.34. The van der Waals surface area contributed by atoms with Crippen LogP contribution >= 0.6 is 23.2 Å². The molecule has 1 aliphatic heterocycles. The van der Waals surface area contributed by atoms with Gasteiger partial charge in [-0.05, 0) is 31.0 Å². The molecular weight excluding hydrogens is 407 g/mol. The standard InChI is InChI=1S/C21H18Cl2N6/c22-15-9-8-14(12-16(15)23)29-19(24)17-18(13-6-2-1-3-7-13)25-21(26-20(17)27-29)28-10-4-5-11-28/h1-3,6-9,12H,4-5,10-11,24H2. The summed E-state index contributed by atoms with van der Waals surface area (Å²) in [7, 11) is 0. The van der Waals surface area contributed by atoms with Crippen LogP contribution in [0.15, 0.2) is 48.5 Å². The van der Waals surface area contributed by atoms with Gasteiger partial charge in [-0.2, -0.15) is 4.98 Å². The summed E-state index contributed by atoms with van der Waals surface area (Å²) in [5, 5.41) is 6.33. The summed E-state index contributed by atoms with van der Waals surface area (Å²) >= 11 is 12.3. The molecule has 8 heteroatoms. The summed E-state index contributed by atoms with van der Waals surface area (Å²) in [6, 6.07) is 15.3. The Labute approximate surface area is 177 Å².